The Morgan fingerprint density at radius 3 is 2.08 bits per heavy atom. The highest BCUT2D eigenvalue weighted by Crippen LogP contribution is 2.41. The van der Waals surface area contributed by atoms with Crippen LogP contribution in [0.4, 0.5) is 26.3 Å². The minimum absolute atomic E-state index is 0.0793. The molecular weight excluding hydrogens is 812 g/mol. The van der Waals surface area contributed by atoms with Crippen LogP contribution in [0.3, 0.4) is 0 Å². The van der Waals surface area contributed by atoms with Crippen LogP contribution in [-0.4, -0.2) is 63.9 Å². The third-order valence-electron chi connectivity index (χ3n) is 11.4. The number of hydrogen-bond donors (Lipinski definition) is 0. The SMILES string of the molecule is CC(c1ccc(C(F)(F)F)nc1)N1C[C@@H](CO[Si](c2ccccc2)(c2ccccc2)C(C)(C)C)n2nc3c(c2C1=O)CN(C(=O)c1ccc(Cl)c(C(F)(F)F)c1)[C@H](C)C3. The van der Waals surface area contributed by atoms with Gasteiger partial charge in [-0.1, -0.05) is 99.1 Å². The van der Waals surface area contributed by atoms with Crippen molar-refractivity contribution in [1.29, 1.82) is 0 Å². The van der Waals surface area contributed by atoms with Gasteiger partial charge in [0, 0.05) is 36.3 Å². The molecule has 2 aromatic heterocycles. The van der Waals surface area contributed by atoms with Gasteiger partial charge in [-0.3, -0.25) is 19.3 Å². The molecule has 0 bridgehead atoms. The summed E-state index contributed by atoms with van der Waals surface area (Å²) in [6.45, 7) is 9.92. The summed E-state index contributed by atoms with van der Waals surface area (Å²) in [6, 6.07) is 23.3. The number of benzene rings is 3. The van der Waals surface area contributed by atoms with Gasteiger partial charge in [0.25, 0.3) is 20.1 Å². The van der Waals surface area contributed by atoms with E-state index < -0.39 is 71.9 Å². The lowest BCUT2D eigenvalue weighted by Gasteiger charge is -2.45. The Bertz CT molecular complexity index is 2310. The van der Waals surface area contributed by atoms with E-state index in [0.717, 1.165) is 34.8 Å². The molecule has 3 atom stereocenters. The van der Waals surface area contributed by atoms with Crippen LogP contribution < -0.4 is 10.4 Å². The maximum Gasteiger partial charge on any atom is 0.433 e. The topological polar surface area (TPSA) is 80.6 Å². The van der Waals surface area contributed by atoms with Crippen LogP contribution in [0.15, 0.2) is 97.2 Å². The van der Waals surface area contributed by atoms with E-state index in [1.165, 1.54) is 17.0 Å². The van der Waals surface area contributed by atoms with Crippen LogP contribution in [-0.2, 0) is 29.7 Å². The third kappa shape index (κ3) is 7.80. The van der Waals surface area contributed by atoms with E-state index >= 15 is 0 Å². The Morgan fingerprint density at radius 2 is 1.54 bits per heavy atom. The van der Waals surface area contributed by atoms with Gasteiger partial charge in [0.1, 0.15) is 11.4 Å². The van der Waals surface area contributed by atoms with Gasteiger partial charge in [0.05, 0.1) is 41.5 Å². The molecule has 310 valence electrons. The molecule has 3 aromatic carbocycles. The van der Waals surface area contributed by atoms with Gasteiger partial charge >= 0.3 is 12.4 Å². The summed E-state index contributed by atoms with van der Waals surface area (Å²) in [6.07, 6.45) is -8.13. The lowest BCUT2D eigenvalue weighted by atomic mass is 9.96. The fourth-order valence-corrected chi connectivity index (χ4v) is 13.2. The number of hydrogen-bond acceptors (Lipinski definition) is 5. The van der Waals surface area contributed by atoms with E-state index in [9.17, 15) is 35.9 Å². The number of aromatic nitrogens is 3. The summed E-state index contributed by atoms with van der Waals surface area (Å²) in [5, 5.41) is 6.11. The van der Waals surface area contributed by atoms with Crippen molar-refractivity contribution in [3.8, 4) is 0 Å². The van der Waals surface area contributed by atoms with Crippen LogP contribution in [0.2, 0.25) is 10.1 Å². The minimum atomic E-state index is -4.79. The molecule has 0 saturated heterocycles. The van der Waals surface area contributed by atoms with Crippen molar-refractivity contribution in [2.24, 2.45) is 0 Å². The van der Waals surface area contributed by atoms with Gasteiger partial charge < -0.3 is 14.2 Å². The van der Waals surface area contributed by atoms with Gasteiger partial charge in [-0.05, 0) is 59.1 Å². The predicted octanol–water partition coefficient (Wildman–Crippen LogP) is 8.89. The number of amides is 2. The molecule has 16 heteroatoms. The number of carbonyl (C=O) groups excluding carboxylic acids is 2. The largest absolute Gasteiger partial charge is 0.433 e. The molecular formula is C43H42ClF6N5O3Si. The number of fused-ring (bicyclic) bond motifs is 3. The van der Waals surface area contributed by atoms with Crippen LogP contribution >= 0.6 is 11.6 Å². The molecule has 4 heterocycles. The highest BCUT2D eigenvalue weighted by Gasteiger charge is 2.51. The molecule has 2 amide bonds. The molecule has 1 unspecified atom stereocenters. The smallest absolute Gasteiger partial charge is 0.405 e. The van der Waals surface area contributed by atoms with Gasteiger partial charge in [0.2, 0.25) is 0 Å². The molecule has 0 radical (unpaired) electrons. The molecule has 0 fully saturated rings. The maximum atomic E-state index is 14.7. The second-order valence-corrected chi connectivity index (χ2v) is 20.8. The Hall–Kier alpha value is -4.99. The first kappa shape index (κ1) is 42.1. The Morgan fingerprint density at radius 1 is 0.915 bits per heavy atom. The van der Waals surface area contributed by atoms with Crippen molar-refractivity contribution in [2.45, 2.75) is 83.1 Å². The lowest BCUT2D eigenvalue weighted by molar-refractivity contribution is -0.141. The molecule has 0 saturated carbocycles. The summed E-state index contributed by atoms with van der Waals surface area (Å²) in [7, 11) is -3.12. The molecule has 7 rings (SSSR count). The predicted molar refractivity (Wildman–Crippen MR) is 213 cm³/mol. The van der Waals surface area contributed by atoms with E-state index in [-0.39, 0.29) is 37.4 Å². The Balaban J connectivity index is 1.31. The van der Waals surface area contributed by atoms with E-state index in [1.807, 2.05) is 36.4 Å². The van der Waals surface area contributed by atoms with Crippen molar-refractivity contribution in [1.82, 2.24) is 24.6 Å². The molecule has 0 aliphatic carbocycles. The number of pyridine rings is 1. The highest BCUT2D eigenvalue weighted by molar-refractivity contribution is 6.99. The van der Waals surface area contributed by atoms with E-state index in [2.05, 4.69) is 50.0 Å². The molecule has 0 N–H and O–H groups in total. The van der Waals surface area contributed by atoms with Crippen LogP contribution in [0, 0.1) is 0 Å². The molecule has 59 heavy (non-hydrogen) atoms. The van der Waals surface area contributed by atoms with E-state index in [0.29, 0.717) is 16.8 Å². The van der Waals surface area contributed by atoms with Gasteiger partial charge in [0.15, 0.2) is 0 Å². The monoisotopic (exact) mass is 853 g/mol. The third-order valence-corrected chi connectivity index (χ3v) is 16.7. The van der Waals surface area contributed by atoms with E-state index in [1.54, 1.807) is 23.4 Å². The van der Waals surface area contributed by atoms with Crippen molar-refractivity contribution in [3.63, 3.8) is 0 Å². The fraction of sp³-hybridized carbons (Fsp3) is 0.349. The average Bonchev–Trinajstić information content (AvgIpc) is 3.56. The first-order valence-corrected chi connectivity index (χ1v) is 21.4. The van der Waals surface area contributed by atoms with Gasteiger partial charge in [-0.2, -0.15) is 31.4 Å². The second-order valence-electron chi connectivity index (χ2n) is 16.1. The zero-order valence-corrected chi connectivity index (χ0v) is 34.7. The van der Waals surface area contributed by atoms with Crippen LogP contribution in [0.1, 0.15) is 95.6 Å². The standard InChI is InChI=1S/C43H42ClF6N5O3Si/c1-26-20-36-33(24-53(26)39(56)28-16-18-35(44)34(21-28)42(45,46)47)38-40(57)54(27(2)29-17-19-37(51-22-29)43(48,49)50)23-30(55(38)52-36)25-58-59(41(3,4)5,31-12-8-6-9-13-31)32-14-10-7-11-15-32/h6-19,21-22,26-27,30H,20,23-25H2,1-5H3/t26-,27?,30+/m1/s1. The zero-order chi connectivity index (χ0) is 42.7. The van der Waals surface area contributed by atoms with Crippen molar-refractivity contribution < 1.29 is 40.4 Å². The van der Waals surface area contributed by atoms with Crippen molar-refractivity contribution in [3.05, 3.63) is 142 Å². The zero-order valence-electron chi connectivity index (χ0n) is 32.9. The second kappa shape index (κ2) is 15.6. The summed E-state index contributed by atoms with van der Waals surface area (Å²) in [5.74, 6) is -1.15. The van der Waals surface area contributed by atoms with Gasteiger partial charge in [-0.25, -0.2) is 0 Å². The Labute approximate surface area is 343 Å². The first-order valence-electron chi connectivity index (χ1n) is 19.1. The van der Waals surface area contributed by atoms with Gasteiger partial charge in [-0.15, -0.1) is 0 Å². The minimum Gasteiger partial charge on any atom is -0.405 e. The number of alkyl halides is 6. The summed E-state index contributed by atoms with van der Waals surface area (Å²) in [4.78, 5) is 35.3. The number of nitrogens with zero attached hydrogens (tertiary/aromatic N) is 5. The van der Waals surface area contributed by atoms with Crippen molar-refractivity contribution >= 4 is 42.1 Å². The molecule has 0 spiro atoms. The number of halogens is 7. The molecule has 8 nitrogen and oxygen atoms in total. The van der Waals surface area contributed by atoms with Crippen LogP contribution in [0.5, 0.6) is 0 Å². The Kier molecular flexibility index (Phi) is 11.1. The van der Waals surface area contributed by atoms with Crippen molar-refractivity contribution in [2.75, 3.05) is 13.2 Å². The summed E-state index contributed by atoms with van der Waals surface area (Å²) in [5.41, 5.74) is -0.892. The lowest BCUT2D eigenvalue weighted by Crippen LogP contribution is -2.67. The first-order chi connectivity index (χ1) is 27.7. The van der Waals surface area contributed by atoms with Crippen LogP contribution in [0.25, 0.3) is 0 Å². The number of carbonyl (C=O) groups is 2. The normalized spacial score (nSPS) is 18.1. The summed E-state index contributed by atoms with van der Waals surface area (Å²) >= 11 is 5.86. The quantitative estimate of drug-likeness (QED) is 0.115. The average molecular weight is 854 g/mol. The van der Waals surface area contributed by atoms with E-state index in [4.69, 9.17) is 21.1 Å². The molecule has 5 aromatic rings. The number of rotatable bonds is 8. The fourth-order valence-electron chi connectivity index (χ4n) is 8.33. The highest BCUT2D eigenvalue weighted by atomic mass is 35.5. The molecule has 2 aliphatic rings. The summed E-state index contributed by atoms with van der Waals surface area (Å²) < 4.78 is 90.8. The maximum absolute atomic E-state index is 14.7. The molecule has 2 aliphatic heterocycles.